The summed E-state index contributed by atoms with van der Waals surface area (Å²) in [5.74, 6) is -1.80. The summed E-state index contributed by atoms with van der Waals surface area (Å²) < 4.78 is 35.5. The molecule has 2 aliphatic heterocycles. The minimum absolute atomic E-state index is 0.0677. The summed E-state index contributed by atoms with van der Waals surface area (Å²) in [7, 11) is 0. The van der Waals surface area contributed by atoms with Crippen molar-refractivity contribution in [1.29, 1.82) is 0 Å². The Balaban J connectivity index is 2.04. The summed E-state index contributed by atoms with van der Waals surface area (Å²) in [5.41, 5.74) is 14.0. The number of benzene rings is 2. The Morgan fingerprint density at radius 2 is 2.00 bits per heavy atom. The number of nitrogens with zero attached hydrogens (tertiary/aromatic N) is 2. The predicted molar refractivity (Wildman–Crippen MR) is 132 cm³/mol. The van der Waals surface area contributed by atoms with Crippen LogP contribution in [0.4, 0.5) is 31.5 Å². The van der Waals surface area contributed by atoms with Crippen LogP contribution in [0.5, 0.6) is 0 Å². The molecule has 7 nitrogen and oxygen atoms in total. The highest BCUT2D eigenvalue weighted by Gasteiger charge is 2.37. The number of anilines is 4. The number of halogens is 3. The highest BCUT2D eigenvalue weighted by Crippen LogP contribution is 2.52. The monoisotopic (exact) mass is 534 g/mol. The maximum atomic E-state index is 15.7. The first-order valence-corrected chi connectivity index (χ1v) is 11.5. The van der Waals surface area contributed by atoms with Gasteiger partial charge in [0.2, 0.25) is 0 Å². The van der Waals surface area contributed by atoms with Crippen molar-refractivity contribution in [2.24, 2.45) is 5.73 Å². The van der Waals surface area contributed by atoms with E-state index in [-0.39, 0.29) is 40.6 Å². The number of carbonyl (C=O) groups is 1. The quantitative estimate of drug-likeness (QED) is 0.395. The highest BCUT2D eigenvalue weighted by atomic mass is 79.9. The minimum atomic E-state index is -0.686. The highest BCUT2D eigenvalue weighted by molar-refractivity contribution is 9.10. The second kappa shape index (κ2) is 9.01. The fourth-order valence-corrected chi connectivity index (χ4v) is 5.12. The number of carbonyl (C=O) groups excluding carboxylic acids is 1. The lowest BCUT2D eigenvalue weighted by Crippen LogP contribution is -2.56. The number of rotatable bonds is 5. The van der Waals surface area contributed by atoms with E-state index in [1.807, 2.05) is 4.90 Å². The molecule has 0 spiro atoms. The van der Waals surface area contributed by atoms with Crippen molar-refractivity contribution in [3.05, 3.63) is 63.3 Å². The van der Waals surface area contributed by atoms with Crippen LogP contribution >= 0.6 is 15.9 Å². The molecule has 34 heavy (non-hydrogen) atoms. The fourth-order valence-electron chi connectivity index (χ4n) is 4.30. The smallest absolute Gasteiger partial charge is 0.340 e. The van der Waals surface area contributed by atoms with Gasteiger partial charge < -0.3 is 31.1 Å². The van der Waals surface area contributed by atoms with Gasteiger partial charge in [-0.05, 0) is 53.0 Å². The van der Waals surface area contributed by atoms with Crippen LogP contribution in [0.3, 0.4) is 0 Å². The summed E-state index contributed by atoms with van der Waals surface area (Å²) >= 11 is 3.56. The molecule has 0 amide bonds. The predicted octanol–water partition coefficient (Wildman–Crippen LogP) is 3.87. The third-order valence-corrected chi connectivity index (χ3v) is 6.79. The third kappa shape index (κ3) is 3.75. The van der Waals surface area contributed by atoms with Gasteiger partial charge in [0, 0.05) is 36.5 Å². The molecule has 5 N–H and O–H groups in total. The molecule has 2 aliphatic rings. The molecule has 2 aromatic carbocycles. The van der Waals surface area contributed by atoms with Crippen molar-refractivity contribution in [2.45, 2.75) is 26.5 Å². The van der Waals surface area contributed by atoms with Gasteiger partial charge in [-0.2, -0.15) is 0 Å². The van der Waals surface area contributed by atoms with Crippen molar-refractivity contribution >= 4 is 50.2 Å². The van der Waals surface area contributed by atoms with Crippen LogP contribution in [0.1, 0.15) is 23.6 Å². The molecule has 1 fully saturated rings. The molecule has 0 atom stereocenters. The number of fused-ring (bicyclic) bond motifs is 1. The zero-order valence-electron chi connectivity index (χ0n) is 18.8. The first-order chi connectivity index (χ1) is 16.1. The van der Waals surface area contributed by atoms with Crippen molar-refractivity contribution in [2.75, 3.05) is 35.2 Å². The zero-order valence-corrected chi connectivity index (χ0v) is 20.4. The van der Waals surface area contributed by atoms with Gasteiger partial charge in [0.1, 0.15) is 5.82 Å². The normalized spacial score (nSPS) is 15.7. The Labute approximate surface area is 204 Å². The number of aliphatic hydroxyl groups is 1. The van der Waals surface area contributed by atoms with Crippen molar-refractivity contribution in [3.63, 3.8) is 0 Å². The van der Waals surface area contributed by atoms with Gasteiger partial charge in [-0.25, -0.2) is 13.6 Å². The first kappa shape index (κ1) is 24.2. The fraction of sp³-hybridized carbons (Fsp3) is 0.292. The van der Waals surface area contributed by atoms with E-state index in [1.165, 1.54) is 12.3 Å². The van der Waals surface area contributed by atoms with E-state index < -0.39 is 24.2 Å². The Morgan fingerprint density at radius 3 is 2.59 bits per heavy atom. The maximum Gasteiger partial charge on any atom is 0.340 e. The molecule has 10 heteroatoms. The molecular formula is C24H25BrF2N4O3. The van der Waals surface area contributed by atoms with Crippen molar-refractivity contribution in [3.8, 4) is 0 Å². The number of nitrogens with two attached hydrogens (primary N) is 2. The van der Waals surface area contributed by atoms with Gasteiger partial charge in [0.05, 0.1) is 46.0 Å². The lowest BCUT2D eigenvalue weighted by Gasteiger charge is -2.42. The molecule has 2 aromatic rings. The Morgan fingerprint density at radius 1 is 1.32 bits per heavy atom. The topological polar surface area (TPSA) is 105 Å². The van der Waals surface area contributed by atoms with Crippen LogP contribution in [0.2, 0.25) is 0 Å². The van der Waals surface area contributed by atoms with Gasteiger partial charge in [-0.15, -0.1) is 0 Å². The zero-order chi connectivity index (χ0) is 24.9. The number of nitrogen functional groups attached to an aromatic ring is 1. The second-order valence-electron chi connectivity index (χ2n) is 8.26. The third-order valence-electron chi connectivity index (χ3n) is 6.04. The summed E-state index contributed by atoms with van der Waals surface area (Å²) in [5, 5.41) is 9.95. The lowest BCUT2D eigenvalue weighted by molar-refractivity contribution is -0.138. The Bertz CT molecular complexity index is 1240. The van der Waals surface area contributed by atoms with E-state index in [2.05, 4.69) is 22.5 Å². The minimum Gasteiger partial charge on any atom is -0.462 e. The van der Waals surface area contributed by atoms with Gasteiger partial charge >= 0.3 is 5.97 Å². The number of aliphatic hydroxyl groups excluding tert-OH is 1. The molecule has 0 aliphatic carbocycles. The maximum absolute atomic E-state index is 15.7. The molecule has 4 rings (SSSR count). The van der Waals surface area contributed by atoms with Gasteiger partial charge in [-0.3, -0.25) is 0 Å². The Kier molecular flexibility index (Phi) is 6.41. The van der Waals surface area contributed by atoms with E-state index in [4.69, 9.17) is 16.2 Å². The molecule has 0 bridgehead atoms. The summed E-state index contributed by atoms with van der Waals surface area (Å²) in [4.78, 5) is 16.2. The number of hydrogen-bond donors (Lipinski definition) is 3. The average molecular weight is 535 g/mol. The molecule has 0 saturated carbocycles. The van der Waals surface area contributed by atoms with Crippen LogP contribution in [0, 0.1) is 18.6 Å². The number of esters is 1. The number of ether oxygens (including phenoxy) is 1. The second-order valence-corrected chi connectivity index (χ2v) is 9.06. The van der Waals surface area contributed by atoms with Crippen molar-refractivity contribution in [1.82, 2.24) is 0 Å². The van der Waals surface area contributed by atoms with Crippen LogP contribution < -0.4 is 21.3 Å². The van der Waals surface area contributed by atoms with Crippen LogP contribution in [0.25, 0.3) is 5.57 Å². The van der Waals surface area contributed by atoms with Crippen LogP contribution in [-0.2, 0) is 16.1 Å². The van der Waals surface area contributed by atoms with Crippen molar-refractivity contribution < 1.29 is 23.4 Å². The van der Waals surface area contributed by atoms with E-state index in [9.17, 15) is 14.3 Å². The molecule has 0 unspecified atom stereocenters. The van der Waals surface area contributed by atoms with Crippen LogP contribution in [0.15, 0.2) is 35.0 Å². The molecule has 1 saturated heterocycles. The first-order valence-electron chi connectivity index (χ1n) is 10.7. The molecule has 0 aromatic heterocycles. The number of hydrogen-bond acceptors (Lipinski definition) is 7. The molecule has 2 heterocycles. The molecule has 0 radical (unpaired) electrons. The summed E-state index contributed by atoms with van der Waals surface area (Å²) in [6, 6.07) is 2.43. The largest absolute Gasteiger partial charge is 0.462 e. The summed E-state index contributed by atoms with van der Waals surface area (Å²) in [6.45, 7) is 7.92. The molecule has 180 valence electrons. The van der Waals surface area contributed by atoms with Crippen LogP contribution in [-0.4, -0.2) is 36.8 Å². The average Bonchev–Trinajstić information content (AvgIpc) is 2.77. The van der Waals surface area contributed by atoms with E-state index in [0.717, 1.165) is 6.07 Å². The summed E-state index contributed by atoms with van der Waals surface area (Å²) in [6.07, 6.45) is 1.49. The van der Waals surface area contributed by atoms with Gasteiger partial charge in [0.25, 0.3) is 0 Å². The van der Waals surface area contributed by atoms with E-state index >= 15 is 4.39 Å². The van der Waals surface area contributed by atoms with E-state index in [1.54, 1.807) is 18.7 Å². The van der Waals surface area contributed by atoms with Gasteiger partial charge in [0.15, 0.2) is 5.82 Å². The lowest BCUT2D eigenvalue weighted by atomic mass is 9.88. The molecular weight excluding hydrogens is 510 g/mol. The SMILES string of the molecule is C=C1C(C(=O)OCC)=CN(c2cc(N)c(F)cc2CO)c2c(Br)c(N3CC(N)C3)c(F)c(C)c21. The Hall–Kier alpha value is -2.95. The van der Waals surface area contributed by atoms with Gasteiger partial charge in [-0.1, -0.05) is 6.58 Å². The van der Waals surface area contributed by atoms with E-state index in [0.29, 0.717) is 40.2 Å². The standard InChI is InChI=1S/C24H25BrF2N4O3/c1-4-34-24(33)15-9-31(18-6-17(29)16(26)5-13(18)10-32)22-19(11(15)2)12(3)21(27)23(20(22)25)30-7-14(28)8-30/h5-6,9,14,32H,2,4,7-8,10,28-29H2,1,3H3.